The van der Waals surface area contributed by atoms with Crippen molar-refractivity contribution in [2.24, 2.45) is 35.5 Å². The van der Waals surface area contributed by atoms with Gasteiger partial charge in [-0.2, -0.15) is 5.01 Å². The number of hydrogen-bond donors (Lipinski definition) is 0. The molecule has 10 heteroatoms. The number of carbonyl (C=O) groups excluding carboxylic acids is 4. The molecule has 3 amide bonds. The van der Waals surface area contributed by atoms with Crippen LogP contribution in [0.1, 0.15) is 27.1 Å². The predicted octanol–water partition coefficient (Wildman–Crippen LogP) is 3.54. The van der Waals surface area contributed by atoms with E-state index in [4.69, 9.17) is 11.6 Å². The highest BCUT2D eigenvalue weighted by Crippen LogP contribution is 2.65. The summed E-state index contributed by atoms with van der Waals surface area (Å²) in [6, 6.07) is 11.3. The first kappa shape index (κ1) is 22.6. The second kappa shape index (κ2) is 8.09. The fourth-order valence-corrected chi connectivity index (χ4v) is 6.42. The fraction of sp³-hybridized carbons (Fsp3) is 0.308. The SMILES string of the molecule is O=C(CN(C(=O)c1ccccc1Cl)N1C(=O)[C@@H]2[C@H]3C=C[C@@H]([C@@H]4C[C@H]34)[C@H]2C1=O)c1cccc([N+](=O)[O-])c1. The highest BCUT2D eigenvalue weighted by Gasteiger charge is 2.68. The standard InChI is InChI=1S/C26H20ClN3O6/c27-20-7-2-1-6-17(20)24(32)28(12-21(31)13-4-3-5-14(10-13)30(35)36)29-25(33)22-15-8-9-16(19-11-18(15)19)23(22)26(29)34/h1-10,15-16,18-19,22-23H,11-12H2/t15-,16-,18-,19+,22+,23+/m0/s1. The molecule has 2 bridgehead atoms. The Hall–Kier alpha value is -3.85. The van der Waals surface area contributed by atoms with Gasteiger partial charge >= 0.3 is 0 Å². The molecule has 0 aromatic heterocycles. The molecule has 0 radical (unpaired) electrons. The molecule has 36 heavy (non-hydrogen) atoms. The normalized spacial score (nSPS) is 29.1. The van der Waals surface area contributed by atoms with E-state index in [2.05, 4.69) is 0 Å². The monoisotopic (exact) mass is 505 g/mol. The minimum Gasteiger partial charge on any atom is -0.292 e. The average molecular weight is 506 g/mol. The zero-order valence-corrected chi connectivity index (χ0v) is 19.6. The number of hydrogen-bond acceptors (Lipinski definition) is 6. The van der Waals surface area contributed by atoms with Crippen LogP contribution in [-0.4, -0.2) is 45.0 Å². The largest absolute Gasteiger partial charge is 0.292 e. The van der Waals surface area contributed by atoms with Gasteiger partial charge in [0.15, 0.2) is 5.78 Å². The van der Waals surface area contributed by atoms with Crippen molar-refractivity contribution >= 4 is 40.8 Å². The molecular weight excluding hydrogens is 486 g/mol. The van der Waals surface area contributed by atoms with Crippen molar-refractivity contribution in [3.8, 4) is 0 Å². The number of imide groups is 1. The van der Waals surface area contributed by atoms with Gasteiger partial charge in [0.05, 0.1) is 27.3 Å². The Labute approximate surface area is 210 Å². The molecule has 1 aliphatic heterocycles. The first-order valence-corrected chi connectivity index (χ1v) is 12.1. The number of Topliss-reactive ketones (excluding diaryl/α,β-unsaturated/α-hetero) is 1. The molecule has 2 aromatic carbocycles. The van der Waals surface area contributed by atoms with E-state index in [1.54, 1.807) is 12.1 Å². The summed E-state index contributed by atoms with van der Waals surface area (Å²) in [6.45, 7) is -0.655. The van der Waals surface area contributed by atoms with Gasteiger partial charge in [-0.3, -0.25) is 29.3 Å². The van der Waals surface area contributed by atoms with E-state index in [0.717, 1.165) is 22.5 Å². The van der Waals surface area contributed by atoms with Crippen LogP contribution in [0.4, 0.5) is 5.69 Å². The Morgan fingerprint density at radius 2 is 1.64 bits per heavy atom. The number of ketones is 1. The highest BCUT2D eigenvalue weighted by molar-refractivity contribution is 6.34. The second-order valence-electron chi connectivity index (χ2n) is 9.72. The Balaban J connectivity index is 1.37. The van der Waals surface area contributed by atoms with E-state index in [9.17, 15) is 29.3 Å². The molecule has 9 nitrogen and oxygen atoms in total. The smallest absolute Gasteiger partial charge is 0.274 e. The maximum absolute atomic E-state index is 13.7. The number of halogens is 1. The van der Waals surface area contributed by atoms with Crippen LogP contribution in [0.2, 0.25) is 5.02 Å². The highest BCUT2D eigenvalue weighted by atomic mass is 35.5. The van der Waals surface area contributed by atoms with E-state index in [0.29, 0.717) is 11.8 Å². The number of carbonyl (C=O) groups is 4. The third-order valence-corrected chi connectivity index (χ3v) is 8.22. The van der Waals surface area contributed by atoms with Crippen LogP contribution in [0.15, 0.2) is 60.7 Å². The van der Waals surface area contributed by atoms with Gasteiger partial charge in [-0.25, -0.2) is 5.01 Å². The molecule has 2 saturated carbocycles. The summed E-state index contributed by atoms with van der Waals surface area (Å²) in [6.07, 6.45) is 5.02. The molecule has 0 spiro atoms. The van der Waals surface area contributed by atoms with E-state index >= 15 is 0 Å². The molecule has 182 valence electrons. The zero-order valence-electron chi connectivity index (χ0n) is 18.8. The number of nitro groups is 1. The van der Waals surface area contributed by atoms with Crippen molar-refractivity contribution in [3.63, 3.8) is 0 Å². The molecule has 6 atom stereocenters. The van der Waals surface area contributed by atoms with Crippen LogP contribution >= 0.6 is 11.6 Å². The molecule has 7 rings (SSSR count). The first-order chi connectivity index (χ1) is 17.3. The predicted molar refractivity (Wildman–Crippen MR) is 126 cm³/mol. The summed E-state index contributed by atoms with van der Waals surface area (Å²) in [5.74, 6) is -2.93. The van der Waals surface area contributed by atoms with Crippen molar-refractivity contribution in [2.45, 2.75) is 6.42 Å². The van der Waals surface area contributed by atoms with E-state index in [1.807, 2.05) is 12.2 Å². The van der Waals surface area contributed by atoms with Gasteiger partial charge in [0.25, 0.3) is 23.4 Å². The number of allylic oxidation sites excluding steroid dienone is 2. The van der Waals surface area contributed by atoms with Crippen LogP contribution in [0, 0.1) is 45.6 Å². The number of nitrogens with zero attached hydrogens (tertiary/aromatic N) is 3. The van der Waals surface area contributed by atoms with Crippen molar-refractivity contribution in [1.29, 1.82) is 0 Å². The molecule has 4 aliphatic carbocycles. The molecule has 5 aliphatic rings. The van der Waals surface area contributed by atoms with Gasteiger partial charge in [0.1, 0.15) is 6.54 Å². The maximum Gasteiger partial charge on any atom is 0.274 e. The van der Waals surface area contributed by atoms with Gasteiger partial charge in [-0.15, -0.1) is 0 Å². The van der Waals surface area contributed by atoms with E-state index in [1.165, 1.54) is 30.3 Å². The van der Waals surface area contributed by atoms with E-state index in [-0.39, 0.29) is 33.7 Å². The van der Waals surface area contributed by atoms with Crippen LogP contribution in [0.5, 0.6) is 0 Å². The number of non-ortho nitro benzene ring substituents is 1. The Morgan fingerprint density at radius 1 is 1.00 bits per heavy atom. The van der Waals surface area contributed by atoms with Crippen LogP contribution in [-0.2, 0) is 9.59 Å². The van der Waals surface area contributed by atoms with Gasteiger partial charge in [-0.05, 0) is 42.2 Å². The molecular formula is C26H20ClN3O6. The van der Waals surface area contributed by atoms with Crippen molar-refractivity contribution in [2.75, 3.05) is 6.54 Å². The average Bonchev–Trinajstić information content (AvgIpc) is 3.66. The number of nitro benzene ring substituents is 1. The Kier molecular flexibility index (Phi) is 5.08. The third kappa shape index (κ3) is 3.30. The number of amides is 3. The topological polar surface area (TPSA) is 118 Å². The van der Waals surface area contributed by atoms with Crippen molar-refractivity contribution in [3.05, 3.63) is 86.9 Å². The molecule has 1 saturated heterocycles. The Morgan fingerprint density at radius 3 is 2.25 bits per heavy atom. The molecule has 2 aromatic rings. The Bertz CT molecular complexity index is 1350. The molecule has 0 unspecified atom stereocenters. The lowest BCUT2D eigenvalue weighted by molar-refractivity contribution is -0.384. The molecule has 0 N–H and O–H groups in total. The van der Waals surface area contributed by atoms with Crippen LogP contribution in [0.3, 0.4) is 0 Å². The van der Waals surface area contributed by atoms with Gasteiger partial charge < -0.3 is 0 Å². The van der Waals surface area contributed by atoms with Gasteiger partial charge in [0, 0.05) is 17.7 Å². The third-order valence-electron chi connectivity index (χ3n) is 7.89. The van der Waals surface area contributed by atoms with Gasteiger partial charge in [-0.1, -0.05) is 48.0 Å². The minimum absolute atomic E-state index is 0.0133. The summed E-state index contributed by atoms with van der Waals surface area (Å²) in [7, 11) is 0. The summed E-state index contributed by atoms with van der Waals surface area (Å²) < 4.78 is 0. The van der Waals surface area contributed by atoms with Crippen LogP contribution in [0.25, 0.3) is 0 Å². The minimum atomic E-state index is -0.773. The van der Waals surface area contributed by atoms with Crippen molar-refractivity contribution < 1.29 is 24.1 Å². The quantitative estimate of drug-likeness (QED) is 0.195. The first-order valence-electron chi connectivity index (χ1n) is 11.7. The molecule has 3 fully saturated rings. The van der Waals surface area contributed by atoms with Gasteiger partial charge in [0.2, 0.25) is 0 Å². The number of rotatable bonds is 6. The fourth-order valence-electron chi connectivity index (χ4n) is 6.21. The lowest BCUT2D eigenvalue weighted by Gasteiger charge is -2.37. The summed E-state index contributed by atoms with van der Waals surface area (Å²) in [4.78, 5) is 64.8. The van der Waals surface area contributed by atoms with Crippen LogP contribution < -0.4 is 0 Å². The summed E-state index contributed by atoms with van der Waals surface area (Å²) in [5.41, 5.74) is -0.267. The zero-order chi connectivity index (χ0) is 25.3. The summed E-state index contributed by atoms with van der Waals surface area (Å²) in [5, 5.41) is 13.0. The number of benzene rings is 2. The maximum atomic E-state index is 13.7. The lowest BCUT2D eigenvalue weighted by Crippen LogP contribution is -2.52. The molecule has 1 heterocycles. The summed E-state index contributed by atoms with van der Waals surface area (Å²) >= 11 is 6.25. The lowest BCUT2D eigenvalue weighted by atomic mass is 9.63. The second-order valence-corrected chi connectivity index (χ2v) is 10.1. The van der Waals surface area contributed by atoms with Crippen molar-refractivity contribution in [1.82, 2.24) is 10.0 Å². The van der Waals surface area contributed by atoms with E-state index < -0.39 is 46.8 Å². The number of hydrazine groups is 1.